The molecule has 124 valence electrons. The summed E-state index contributed by atoms with van der Waals surface area (Å²) in [5.74, 6) is 0.0484. The Balaban J connectivity index is 1.82. The molecule has 0 spiro atoms. The van der Waals surface area contributed by atoms with Gasteiger partial charge in [-0.3, -0.25) is 19.6 Å². The van der Waals surface area contributed by atoms with Gasteiger partial charge in [-0.15, -0.1) is 0 Å². The summed E-state index contributed by atoms with van der Waals surface area (Å²) < 4.78 is 11.6. The SMILES string of the molecule is Cn1ncc(Cl)c1C(=O)N/N=C\c1cc2c(cc1[N+](=O)[O-])OCO2. The van der Waals surface area contributed by atoms with Gasteiger partial charge in [0.25, 0.3) is 11.6 Å². The molecule has 0 aliphatic carbocycles. The molecule has 24 heavy (non-hydrogen) atoms. The van der Waals surface area contributed by atoms with Gasteiger partial charge in [-0.05, 0) is 6.07 Å². The number of ether oxygens (including phenoxy) is 2. The third-order valence-corrected chi connectivity index (χ3v) is 3.47. The van der Waals surface area contributed by atoms with Crippen LogP contribution in [0.2, 0.25) is 5.02 Å². The van der Waals surface area contributed by atoms with Crippen molar-refractivity contribution in [1.29, 1.82) is 0 Å². The minimum Gasteiger partial charge on any atom is -0.454 e. The van der Waals surface area contributed by atoms with Crippen LogP contribution in [0, 0.1) is 10.1 Å². The summed E-state index contributed by atoms with van der Waals surface area (Å²) in [6.45, 7) is -0.0111. The fourth-order valence-corrected chi connectivity index (χ4v) is 2.34. The predicted molar refractivity (Wildman–Crippen MR) is 82.5 cm³/mol. The number of aromatic nitrogens is 2. The first-order chi connectivity index (χ1) is 11.5. The average Bonchev–Trinajstić information content (AvgIpc) is 3.12. The van der Waals surface area contributed by atoms with Crippen molar-refractivity contribution in [2.45, 2.75) is 0 Å². The first-order valence-electron chi connectivity index (χ1n) is 6.56. The molecule has 0 radical (unpaired) electrons. The number of hydrazone groups is 1. The van der Waals surface area contributed by atoms with Crippen LogP contribution in [0.4, 0.5) is 5.69 Å². The van der Waals surface area contributed by atoms with Crippen molar-refractivity contribution in [2.24, 2.45) is 12.1 Å². The molecular formula is C13H10ClN5O5. The number of benzene rings is 1. The fraction of sp³-hybridized carbons (Fsp3) is 0.154. The second-order valence-electron chi connectivity index (χ2n) is 4.69. The molecule has 1 amide bonds. The maximum atomic E-state index is 12.0. The van der Waals surface area contributed by atoms with Crippen molar-refractivity contribution in [3.63, 3.8) is 0 Å². The highest BCUT2D eigenvalue weighted by molar-refractivity contribution is 6.33. The van der Waals surface area contributed by atoms with Crippen LogP contribution in [0.1, 0.15) is 16.1 Å². The van der Waals surface area contributed by atoms with Crippen molar-refractivity contribution in [1.82, 2.24) is 15.2 Å². The van der Waals surface area contributed by atoms with Crippen LogP contribution in [0.3, 0.4) is 0 Å². The summed E-state index contributed by atoms with van der Waals surface area (Å²) in [4.78, 5) is 22.5. The van der Waals surface area contributed by atoms with Gasteiger partial charge in [-0.25, -0.2) is 5.43 Å². The molecule has 2 aromatic rings. The lowest BCUT2D eigenvalue weighted by atomic mass is 10.1. The molecule has 1 aliphatic rings. The summed E-state index contributed by atoms with van der Waals surface area (Å²) in [6.07, 6.45) is 2.46. The lowest BCUT2D eigenvalue weighted by Crippen LogP contribution is -2.21. The molecule has 0 saturated carbocycles. The van der Waals surface area contributed by atoms with Crippen LogP contribution in [-0.2, 0) is 7.05 Å². The molecule has 1 aliphatic heterocycles. The Morgan fingerprint density at radius 2 is 2.21 bits per heavy atom. The number of rotatable bonds is 4. The highest BCUT2D eigenvalue weighted by Crippen LogP contribution is 2.37. The van der Waals surface area contributed by atoms with Gasteiger partial charge >= 0.3 is 0 Å². The van der Waals surface area contributed by atoms with Crippen LogP contribution in [0.15, 0.2) is 23.4 Å². The normalized spacial score (nSPS) is 12.6. The molecule has 1 N–H and O–H groups in total. The molecule has 10 nitrogen and oxygen atoms in total. The molecule has 0 atom stereocenters. The number of nitrogens with one attached hydrogen (secondary N) is 1. The van der Waals surface area contributed by atoms with Crippen molar-refractivity contribution < 1.29 is 19.2 Å². The van der Waals surface area contributed by atoms with E-state index < -0.39 is 10.8 Å². The smallest absolute Gasteiger partial charge is 0.291 e. The first kappa shape index (κ1) is 15.7. The van der Waals surface area contributed by atoms with Crippen LogP contribution in [0.5, 0.6) is 11.5 Å². The van der Waals surface area contributed by atoms with Crippen LogP contribution in [-0.4, -0.2) is 33.6 Å². The number of fused-ring (bicyclic) bond motifs is 1. The molecule has 0 bridgehead atoms. The van der Waals surface area contributed by atoms with Gasteiger partial charge in [0, 0.05) is 7.05 Å². The van der Waals surface area contributed by atoms with E-state index in [2.05, 4.69) is 15.6 Å². The number of aryl methyl sites for hydroxylation is 1. The lowest BCUT2D eigenvalue weighted by Gasteiger charge is -2.02. The summed E-state index contributed by atoms with van der Waals surface area (Å²) >= 11 is 5.85. The molecule has 1 aromatic carbocycles. The quantitative estimate of drug-likeness (QED) is 0.506. The Morgan fingerprint density at radius 1 is 1.50 bits per heavy atom. The summed E-state index contributed by atoms with van der Waals surface area (Å²) in [7, 11) is 1.55. The van der Waals surface area contributed by atoms with E-state index in [9.17, 15) is 14.9 Å². The number of halogens is 1. The summed E-state index contributed by atoms with van der Waals surface area (Å²) in [5.41, 5.74) is 2.29. The van der Waals surface area contributed by atoms with E-state index in [-0.39, 0.29) is 34.5 Å². The Bertz CT molecular complexity index is 843. The monoisotopic (exact) mass is 351 g/mol. The third-order valence-electron chi connectivity index (χ3n) is 3.20. The second kappa shape index (κ2) is 6.16. The van der Waals surface area contributed by atoms with Crippen molar-refractivity contribution in [3.8, 4) is 11.5 Å². The van der Waals surface area contributed by atoms with E-state index in [1.165, 1.54) is 23.0 Å². The van der Waals surface area contributed by atoms with E-state index >= 15 is 0 Å². The molecule has 0 unspecified atom stereocenters. The molecule has 3 rings (SSSR count). The highest BCUT2D eigenvalue weighted by atomic mass is 35.5. The number of nitro benzene ring substituents is 1. The third kappa shape index (κ3) is 2.86. The standard InChI is InChI=1S/C13H10ClN5O5/c1-18-12(8(14)5-16-18)13(20)17-15-4-7-2-10-11(24-6-23-10)3-9(7)19(21)22/h2-5H,6H2,1H3,(H,17,20)/b15-4-. The zero-order valence-electron chi connectivity index (χ0n) is 12.2. The number of carbonyl (C=O) groups excluding carboxylic acids is 1. The van der Waals surface area contributed by atoms with E-state index in [1.54, 1.807) is 7.05 Å². The van der Waals surface area contributed by atoms with E-state index in [0.29, 0.717) is 5.75 Å². The number of carbonyl (C=O) groups is 1. The summed E-state index contributed by atoms with van der Waals surface area (Å²) in [6, 6.07) is 2.65. The van der Waals surface area contributed by atoms with Gasteiger partial charge in [-0.2, -0.15) is 10.2 Å². The van der Waals surface area contributed by atoms with E-state index in [1.807, 2.05) is 0 Å². The van der Waals surface area contributed by atoms with Crippen molar-refractivity contribution in [3.05, 3.63) is 44.7 Å². The van der Waals surface area contributed by atoms with E-state index in [4.69, 9.17) is 21.1 Å². The molecule has 2 heterocycles. The largest absolute Gasteiger partial charge is 0.454 e. The van der Waals surface area contributed by atoms with Gasteiger partial charge in [0.15, 0.2) is 11.5 Å². The van der Waals surface area contributed by atoms with Gasteiger partial charge in [-0.1, -0.05) is 11.6 Å². The Hall–Kier alpha value is -3.14. The van der Waals surface area contributed by atoms with Crippen LogP contribution >= 0.6 is 11.6 Å². The fourth-order valence-electron chi connectivity index (χ4n) is 2.09. The van der Waals surface area contributed by atoms with Gasteiger partial charge < -0.3 is 9.47 Å². The van der Waals surface area contributed by atoms with Crippen molar-refractivity contribution >= 4 is 29.4 Å². The number of nitro groups is 1. The Morgan fingerprint density at radius 3 is 2.83 bits per heavy atom. The highest BCUT2D eigenvalue weighted by Gasteiger charge is 2.22. The molecule has 1 aromatic heterocycles. The number of nitrogens with zero attached hydrogens (tertiary/aromatic N) is 4. The minimum absolute atomic E-state index is 0.0111. The molecular weight excluding hydrogens is 342 g/mol. The Kier molecular flexibility index (Phi) is 4.04. The van der Waals surface area contributed by atoms with Gasteiger partial charge in [0.2, 0.25) is 6.79 Å². The lowest BCUT2D eigenvalue weighted by molar-refractivity contribution is -0.385. The minimum atomic E-state index is -0.598. The number of hydrogen-bond acceptors (Lipinski definition) is 7. The predicted octanol–water partition coefficient (Wildman–Crippen LogP) is 1.47. The molecule has 0 saturated heterocycles. The zero-order chi connectivity index (χ0) is 17.3. The van der Waals surface area contributed by atoms with Crippen molar-refractivity contribution in [2.75, 3.05) is 6.79 Å². The molecule has 11 heteroatoms. The van der Waals surface area contributed by atoms with Gasteiger partial charge in [0.1, 0.15) is 5.69 Å². The number of amides is 1. The van der Waals surface area contributed by atoms with E-state index in [0.717, 1.165) is 6.21 Å². The maximum Gasteiger partial charge on any atom is 0.291 e. The second-order valence-corrected chi connectivity index (χ2v) is 5.09. The van der Waals surface area contributed by atoms with Gasteiger partial charge in [0.05, 0.1) is 34.0 Å². The maximum absolute atomic E-state index is 12.0. The molecule has 0 fully saturated rings. The topological polar surface area (TPSA) is 121 Å². The first-order valence-corrected chi connectivity index (χ1v) is 6.94. The summed E-state index contributed by atoms with van der Waals surface area (Å²) in [5, 5.41) is 18.8. The van der Waals surface area contributed by atoms with Crippen LogP contribution in [0.25, 0.3) is 0 Å². The zero-order valence-corrected chi connectivity index (χ0v) is 13.0. The average molecular weight is 352 g/mol. The number of hydrogen-bond donors (Lipinski definition) is 1. The Labute approximate surface area is 139 Å². The van der Waals surface area contributed by atoms with Crippen LogP contribution < -0.4 is 14.9 Å².